The van der Waals surface area contributed by atoms with Crippen LogP contribution in [-0.4, -0.2) is 16.6 Å². The van der Waals surface area contributed by atoms with Crippen molar-refractivity contribution in [2.75, 3.05) is 6.61 Å². The van der Waals surface area contributed by atoms with E-state index in [0.717, 1.165) is 12.0 Å². The van der Waals surface area contributed by atoms with Gasteiger partial charge >= 0.3 is 0 Å². The van der Waals surface area contributed by atoms with E-state index in [1.54, 1.807) is 12.1 Å². The first-order chi connectivity index (χ1) is 6.72. The monoisotopic (exact) mass is 193 g/mol. The van der Waals surface area contributed by atoms with Crippen molar-refractivity contribution < 1.29 is 10.0 Å². The van der Waals surface area contributed by atoms with Crippen LogP contribution in [-0.2, 0) is 0 Å². The van der Waals surface area contributed by atoms with Crippen LogP contribution in [0.5, 0.6) is 0 Å². The molecule has 1 aliphatic carbocycles. The molecule has 1 saturated carbocycles. The Morgan fingerprint density at radius 2 is 2.07 bits per heavy atom. The summed E-state index contributed by atoms with van der Waals surface area (Å²) >= 11 is 0. The van der Waals surface area contributed by atoms with Crippen LogP contribution >= 0.6 is 0 Å². The summed E-state index contributed by atoms with van der Waals surface area (Å²) in [5.74, 6) is 0.761. The quantitative estimate of drug-likeness (QED) is 0.586. The van der Waals surface area contributed by atoms with E-state index in [1.165, 1.54) is 12.1 Å². The third-order valence-corrected chi connectivity index (χ3v) is 2.69. The molecule has 1 aliphatic rings. The molecule has 2 unspecified atom stereocenters. The summed E-state index contributed by atoms with van der Waals surface area (Å²) in [6.45, 7) is 0.210. The number of nitro benzene ring substituents is 1. The number of hydrogen-bond donors (Lipinski definition) is 1. The lowest BCUT2D eigenvalue weighted by Gasteiger charge is -1.97. The summed E-state index contributed by atoms with van der Waals surface area (Å²) in [6, 6.07) is 6.58. The zero-order valence-electron chi connectivity index (χ0n) is 7.59. The summed E-state index contributed by atoms with van der Waals surface area (Å²) in [5.41, 5.74) is 1.21. The van der Waals surface area contributed by atoms with Crippen LogP contribution in [0.1, 0.15) is 17.9 Å². The van der Waals surface area contributed by atoms with Crippen LogP contribution < -0.4 is 0 Å². The van der Waals surface area contributed by atoms with Gasteiger partial charge in [0.2, 0.25) is 0 Å². The molecule has 0 radical (unpaired) electrons. The van der Waals surface area contributed by atoms with Crippen molar-refractivity contribution in [3.05, 3.63) is 39.9 Å². The van der Waals surface area contributed by atoms with Crippen LogP contribution in [0, 0.1) is 16.0 Å². The first kappa shape index (κ1) is 9.15. The predicted octanol–water partition coefficient (Wildman–Crippen LogP) is 1.69. The van der Waals surface area contributed by atoms with E-state index >= 15 is 0 Å². The van der Waals surface area contributed by atoms with Crippen molar-refractivity contribution >= 4 is 5.69 Å². The van der Waals surface area contributed by atoms with Gasteiger partial charge in [-0.25, -0.2) is 0 Å². The van der Waals surface area contributed by atoms with Gasteiger partial charge in [0, 0.05) is 18.7 Å². The summed E-state index contributed by atoms with van der Waals surface area (Å²) in [5, 5.41) is 19.3. The van der Waals surface area contributed by atoms with Gasteiger partial charge in [0.1, 0.15) is 0 Å². The summed E-state index contributed by atoms with van der Waals surface area (Å²) in [7, 11) is 0. The van der Waals surface area contributed by atoms with Gasteiger partial charge in [0.15, 0.2) is 0 Å². The fraction of sp³-hybridized carbons (Fsp3) is 0.400. The average Bonchev–Trinajstić information content (AvgIpc) is 2.97. The van der Waals surface area contributed by atoms with Crippen molar-refractivity contribution in [3.8, 4) is 0 Å². The third kappa shape index (κ3) is 1.61. The van der Waals surface area contributed by atoms with Gasteiger partial charge in [0.25, 0.3) is 5.69 Å². The topological polar surface area (TPSA) is 63.4 Å². The van der Waals surface area contributed by atoms with E-state index in [-0.39, 0.29) is 12.3 Å². The fourth-order valence-electron chi connectivity index (χ4n) is 1.70. The molecule has 1 aromatic rings. The van der Waals surface area contributed by atoms with Gasteiger partial charge in [-0.1, -0.05) is 12.1 Å². The Morgan fingerprint density at radius 3 is 2.50 bits per heavy atom. The molecule has 0 bridgehead atoms. The van der Waals surface area contributed by atoms with E-state index in [1.807, 2.05) is 0 Å². The molecule has 4 heteroatoms. The number of hydrogen-bond acceptors (Lipinski definition) is 3. The Morgan fingerprint density at radius 1 is 1.43 bits per heavy atom. The Balaban J connectivity index is 2.11. The largest absolute Gasteiger partial charge is 0.396 e. The summed E-state index contributed by atoms with van der Waals surface area (Å²) in [6.07, 6.45) is 0.994. The van der Waals surface area contributed by atoms with E-state index in [0.29, 0.717) is 11.8 Å². The fourth-order valence-corrected chi connectivity index (χ4v) is 1.70. The number of non-ortho nitro benzene ring substituents is 1. The normalized spacial score (nSPS) is 24.6. The Bertz CT molecular complexity index is 347. The molecule has 74 valence electrons. The molecule has 2 rings (SSSR count). The van der Waals surface area contributed by atoms with E-state index < -0.39 is 4.92 Å². The van der Waals surface area contributed by atoms with Crippen molar-refractivity contribution in [3.63, 3.8) is 0 Å². The van der Waals surface area contributed by atoms with E-state index in [2.05, 4.69) is 0 Å². The number of aliphatic hydroxyl groups excluding tert-OH is 1. The molecular formula is C10H11NO3. The zero-order valence-corrected chi connectivity index (χ0v) is 7.59. The molecule has 2 atom stereocenters. The molecule has 1 fully saturated rings. The van der Waals surface area contributed by atoms with Crippen LogP contribution in [0.4, 0.5) is 5.69 Å². The standard InChI is InChI=1S/C10H11NO3/c12-6-8-5-10(8)7-1-3-9(4-2-7)11(13)14/h1-4,8,10,12H,5-6H2. The minimum atomic E-state index is -0.403. The highest BCUT2D eigenvalue weighted by atomic mass is 16.6. The number of nitro groups is 1. The number of nitrogens with zero attached hydrogens (tertiary/aromatic N) is 1. The molecule has 0 saturated heterocycles. The minimum Gasteiger partial charge on any atom is -0.396 e. The molecular weight excluding hydrogens is 182 g/mol. The first-order valence-corrected chi connectivity index (χ1v) is 4.57. The highest BCUT2D eigenvalue weighted by Crippen LogP contribution is 2.47. The van der Waals surface area contributed by atoms with Crippen molar-refractivity contribution in [1.82, 2.24) is 0 Å². The summed E-state index contributed by atoms with van der Waals surface area (Å²) in [4.78, 5) is 9.98. The summed E-state index contributed by atoms with van der Waals surface area (Å²) < 4.78 is 0. The van der Waals surface area contributed by atoms with Gasteiger partial charge in [0.05, 0.1) is 4.92 Å². The molecule has 0 amide bonds. The highest BCUT2D eigenvalue weighted by molar-refractivity contribution is 5.36. The van der Waals surface area contributed by atoms with Crippen molar-refractivity contribution in [2.45, 2.75) is 12.3 Å². The Labute approximate surface area is 81.3 Å². The smallest absolute Gasteiger partial charge is 0.269 e. The maximum atomic E-state index is 10.4. The van der Waals surface area contributed by atoms with Crippen LogP contribution in [0.15, 0.2) is 24.3 Å². The molecule has 0 aliphatic heterocycles. The molecule has 1 aromatic carbocycles. The van der Waals surface area contributed by atoms with E-state index in [9.17, 15) is 10.1 Å². The molecule has 1 N–H and O–H groups in total. The highest BCUT2D eigenvalue weighted by Gasteiger charge is 2.37. The van der Waals surface area contributed by atoms with Crippen molar-refractivity contribution in [2.24, 2.45) is 5.92 Å². The lowest BCUT2D eigenvalue weighted by atomic mass is 10.1. The second-order valence-corrected chi connectivity index (χ2v) is 3.63. The van der Waals surface area contributed by atoms with Gasteiger partial charge in [-0.3, -0.25) is 10.1 Å². The van der Waals surface area contributed by atoms with Crippen LogP contribution in [0.2, 0.25) is 0 Å². The molecule has 0 heterocycles. The maximum absolute atomic E-state index is 10.4. The second kappa shape index (κ2) is 3.38. The Kier molecular flexibility index (Phi) is 2.21. The first-order valence-electron chi connectivity index (χ1n) is 4.57. The third-order valence-electron chi connectivity index (χ3n) is 2.69. The van der Waals surface area contributed by atoms with Crippen molar-refractivity contribution in [1.29, 1.82) is 0 Å². The van der Waals surface area contributed by atoms with E-state index in [4.69, 9.17) is 5.11 Å². The zero-order chi connectivity index (χ0) is 10.1. The minimum absolute atomic E-state index is 0.120. The number of benzene rings is 1. The Hall–Kier alpha value is -1.42. The lowest BCUT2D eigenvalue weighted by molar-refractivity contribution is -0.384. The average molecular weight is 193 g/mol. The molecule has 4 nitrogen and oxygen atoms in total. The second-order valence-electron chi connectivity index (χ2n) is 3.63. The van der Waals surface area contributed by atoms with Crippen LogP contribution in [0.3, 0.4) is 0 Å². The van der Waals surface area contributed by atoms with Crippen LogP contribution in [0.25, 0.3) is 0 Å². The number of aliphatic hydroxyl groups is 1. The molecule has 0 aromatic heterocycles. The number of rotatable bonds is 3. The molecule has 14 heavy (non-hydrogen) atoms. The maximum Gasteiger partial charge on any atom is 0.269 e. The molecule has 0 spiro atoms. The SMILES string of the molecule is O=[N+]([O-])c1ccc(C2CC2CO)cc1. The van der Waals surface area contributed by atoms with Gasteiger partial charge in [-0.15, -0.1) is 0 Å². The van der Waals surface area contributed by atoms with Gasteiger partial charge in [-0.2, -0.15) is 0 Å². The predicted molar refractivity (Wildman–Crippen MR) is 51.0 cm³/mol. The lowest BCUT2D eigenvalue weighted by Crippen LogP contribution is -1.90. The van der Waals surface area contributed by atoms with Gasteiger partial charge < -0.3 is 5.11 Å². The van der Waals surface area contributed by atoms with Gasteiger partial charge in [-0.05, 0) is 23.8 Å².